The van der Waals surface area contributed by atoms with Gasteiger partial charge in [-0.25, -0.2) is 14.2 Å². The van der Waals surface area contributed by atoms with Crippen LogP contribution < -0.4 is 0 Å². The summed E-state index contributed by atoms with van der Waals surface area (Å²) in [5, 5.41) is 0. The van der Waals surface area contributed by atoms with Gasteiger partial charge in [-0.1, -0.05) is 37.6 Å². The molecule has 1 aliphatic heterocycles. The number of rotatable bonds is 5. The third-order valence-electron chi connectivity index (χ3n) is 6.04. The highest BCUT2D eigenvalue weighted by Crippen LogP contribution is 2.36. The van der Waals surface area contributed by atoms with Gasteiger partial charge in [0.1, 0.15) is 11.6 Å². The van der Waals surface area contributed by atoms with Crippen LogP contribution in [0.3, 0.4) is 0 Å². The van der Waals surface area contributed by atoms with E-state index in [0.29, 0.717) is 17.9 Å². The minimum Gasteiger partial charge on any atom is -0.436 e. The number of imidazole rings is 1. The fraction of sp³-hybridized carbons (Fsp3) is 0.360. The molecule has 0 unspecified atom stereocenters. The summed E-state index contributed by atoms with van der Waals surface area (Å²) in [5.41, 5.74) is 5.67. The van der Waals surface area contributed by atoms with Crippen molar-refractivity contribution in [2.45, 2.75) is 59.2 Å². The van der Waals surface area contributed by atoms with E-state index in [2.05, 4.69) is 22.1 Å². The molecule has 6 heteroatoms. The first kappa shape index (κ1) is 21.1. The summed E-state index contributed by atoms with van der Waals surface area (Å²) < 4.78 is 20.1. The first-order chi connectivity index (χ1) is 14.8. The molecule has 31 heavy (non-hydrogen) atoms. The normalized spacial score (nSPS) is 18.7. The number of hydrogen-bond donors (Lipinski definition) is 1. The SMILES string of the molecule is Cc1ccc(-c2cc(C(C)C)c(F)cc2C)c(CN2C(=O)O[C@H](c3ncc[nH]3)[C@@H]2C)c1. The number of carbonyl (C=O) groups excluding carboxylic acids is 1. The Morgan fingerprint density at radius 3 is 2.65 bits per heavy atom. The van der Waals surface area contributed by atoms with Gasteiger partial charge in [-0.2, -0.15) is 0 Å². The van der Waals surface area contributed by atoms with Crippen molar-refractivity contribution in [2.24, 2.45) is 0 Å². The molecule has 1 amide bonds. The zero-order valence-electron chi connectivity index (χ0n) is 18.6. The predicted octanol–water partition coefficient (Wildman–Crippen LogP) is 6.04. The van der Waals surface area contributed by atoms with E-state index in [1.807, 2.05) is 46.8 Å². The lowest BCUT2D eigenvalue weighted by Gasteiger charge is -2.23. The molecule has 162 valence electrons. The topological polar surface area (TPSA) is 58.2 Å². The minimum absolute atomic E-state index is 0.0795. The Kier molecular flexibility index (Phi) is 5.56. The first-order valence-electron chi connectivity index (χ1n) is 10.6. The molecular formula is C25H28FN3O2. The molecule has 0 saturated carbocycles. The van der Waals surface area contributed by atoms with E-state index >= 15 is 0 Å². The zero-order valence-corrected chi connectivity index (χ0v) is 18.6. The van der Waals surface area contributed by atoms with Crippen molar-refractivity contribution in [1.82, 2.24) is 14.9 Å². The molecule has 2 heterocycles. The summed E-state index contributed by atoms with van der Waals surface area (Å²) in [6.07, 6.45) is 2.58. The van der Waals surface area contributed by atoms with Gasteiger partial charge in [0.25, 0.3) is 0 Å². The molecule has 1 aliphatic rings. The average Bonchev–Trinajstić information content (AvgIpc) is 3.32. The number of halogens is 1. The van der Waals surface area contributed by atoms with Gasteiger partial charge in [0.05, 0.1) is 12.6 Å². The molecule has 0 bridgehead atoms. The lowest BCUT2D eigenvalue weighted by molar-refractivity contribution is 0.126. The molecule has 1 saturated heterocycles. The van der Waals surface area contributed by atoms with E-state index in [1.165, 1.54) is 0 Å². The molecule has 1 N–H and O–H groups in total. The Bertz CT molecular complexity index is 1110. The third-order valence-corrected chi connectivity index (χ3v) is 6.04. The molecule has 5 nitrogen and oxygen atoms in total. The number of H-pyrrole nitrogens is 1. The van der Waals surface area contributed by atoms with Crippen molar-refractivity contribution in [3.63, 3.8) is 0 Å². The maximum Gasteiger partial charge on any atom is 0.411 e. The molecule has 3 aromatic rings. The van der Waals surface area contributed by atoms with Crippen LogP contribution in [0, 0.1) is 19.7 Å². The molecule has 2 atom stereocenters. The standard InChI is InChI=1S/C25H28FN3O2/c1-14(2)20-12-21(16(4)11-22(20)26)19-7-6-15(3)10-18(19)13-29-17(5)23(31-25(29)30)24-27-8-9-28-24/h6-12,14,17,23H,13H2,1-5H3,(H,27,28)/t17-,23-/m0/s1. The van der Waals surface area contributed by atoms with Crippen LogP contribution in [0.5, 0.6) is 0 Å². The number of carbonyl (C=O) groups is 1. The maximum atomic E-state index is 14.5. The summed E-state index contributed by atoms with van der Waals surface area (Å²) in [7, 11) is 0. The number of amides is 1. The molecule has 1 aromatic heterocycles. The van der Waals surface area contributed by atoms with Gasteiger partial charge < -0.3 is 9.72 Å². The second kappa shape index (κ2) is 8.17. The smallest absolute Gasteiger partial charge is 0.411 e. The van der Waals surface area contributed by atoms with Crippen molar-refractivity contribution < 1.29 is 13.9 Å². The van der Waals surface area contributed by atoms with Crippen molar-refractivity contribution in [2.75, 3.05) is 0 Å². The Balaban J connectivity index is 1.72. The molecular weight excluding hydrogens is 393 g/mol. The fourth-order valence-electron chi connectivity index (χ4n) is 4.25. The van der Waals surface area contributed by atoms with E-state index in [9.17, 15) is 9.18 Å². The number of aromatic nitrogens is 2. The maximum absolute atomic E-state index is 14.5. The first-order valence-corrected chi connectivity index (χ1v) is 10.6. The summed E-state index contributed by atoms with van der Waals surface area (Å²) in [5.74, 6) is 0.544. The number of cyclic esters (lactones) is 1. The van der Waals surface area contributed by atoms with Crippen LogP contribution in [0.1, 0.15) is 60.9 Å². The zero-order chi connectivity index (χ0) is 22.3. The molecule has 0 aliphatic carbocycles. The van der Waals surface area contributed by atoms with Gasteiger partial charge >= 0.3 is 6.09 Å². The average molecular weight is 422 g/mol. The van der Waals surface area contributed by atoms with Gasteiger partial charge in [0.15, 0.2) is 6.10 Å². The van der Waals surface area contributed by atoms with Crippen LogP contribution in [0.2, 0.25) is 0 Å². The molecule has 0 radical (unpaired) electrons. The molecule has 1 fully saturated rings. The molecule has 0 spiro atoms. The highest BCUT2D eigenvalue weighted by molar-refractivity contribution is 5.74. The van der Waals surface area contributed by atoms with Gasteiger partial charge in [-0.3, -0.25) is 4.90 Å². The van der Waals surface area contributed by atoms with Crippen LogP contribution in [0.4, 0.5) is 9.18 Å². The largest absolute Gasteiger partial charge is 0.436 e. The second-order valence-corrected chi connectivity index (χ2v) is 8.65. The minimum atomic E-state index is -0.434. The third kappa shape index (κ3) is 3.94. The molecule has 2 aromatic carbocycles. The number of ether oxygens (including phenoxy) is 1. The van der Waals surface area contributed by atoms with Crippen LogP contribution in [-0.4, -0.2) is 27.0 Å². The van der Waals surface area contributed by atoms with Crippen molar-refractivity contribution in [1.29, 1.82) is 0 Å². The number of aryl methyl sites for hydroxylation is 2. The van der Waals surface area contributed by atoms with Crippen LogP contribution in [0.15, 0.2) is 42.7 Å². The Hall–Kier alpha value is -3.15. The summed E-state index contributed by atoms with van der Waals surface area (Å²) in [6.45, 7) is 10.3. The number of aromatic amines is 1. The van der Waals surface area contributed by atoms with Gasteiger partial charge in [-0.05, 0) is 66.6 Å². The van der Waals surface area contributed by atoms with E-state index in [1.54, 1.807) is 23.4 Å². The van der Waals surface area contributed by atoms with Gasteiger partial charge in [0.2, 0.25) is 0 Å². The summed E-state index contributed by atoms with van der Waals surface area (Å²) in [4.78, 5) is 21.7. The highest BCUT2D eigenvalue weighted by atomic mass is 19.1. The van der Waals surface area contributed by atoms with Crippen LogP contribution in [0.25, 0.3) is 11.1 Å². The van der Waals surface area contributed by atoms with E-state index < -0.39 is 6.10 Å². The Labute approximate surface area is 182 Å². The van der Waals surface area contributed by atoms with E-state index in [-0.39, 0.29) is 23.9 Å². The van der Waals surface area contributed by atoms with Crippen LogP contribution >= 0.6 is 0 Å². The van der Waals surface area contributed by atoms with Crippen LogP contribution in [-0.2, 0) is 11.3 Å². The van der Waals surface area contributed by atoms with Crippen molar-refractivity contribution in [3.05, 3.63) is 76.6 Å². The van der Waals surface area contributed by atoms with Gasteiger partial charge in [-0.15, -0.1) is 0 Å². The lowest BCUT2D eigenvalue weighted by Crippen LogP contribution is -2.31. The highest BCUT2D eigenvalue weighted by Gasteiger charge is 2.41. The Morgan fingerprint density at radius 1 is 1.19 bits per heavy atom. The quantitative estimate of drug-likeness (QED) is 0.546. The van der Waals surface area contributed by atoms with Crippen molar-refractivity contribution >= 4 is 6.09 Å². The summed E-state index contributed by atoms with van der Waals surface area (Å²) >= 11 is 0. The molecule has 4 rings (SSSR count). The number of benzene rings is 2. The van der Waals surface area contributed by atoms with Crippen molar-refractivity contribution in [3.8, 4) is 11.1 Å². The van der Waals surface area contributed by atoms with E-state index in [0.717, 1.165) is 27.8 Å². The summed E-state index contributed by atoms with van der Waals surface area (Å²) in [6, 6.07) is 9.58. The monoisotopic (exact) mass is 421 g/mol. The Morgan fingerprint density at radius 2 is 1.97 bits per heavy atom. The number of hydrogen-bond acceptors (Lipinski definition) is 3. The number of nitrogens with zero attached hydrogens (tertiary/aromatic N) is 2. The van der Waals surface area contributed by atoms with Gasteiger partial charge in [0, 0.05) is 12.4 Å². The lowest BCUT2D eigenvalue weighted by atomic mass is 9.90. The second-order valence-electron chi connectivity index (χ2n) is 8.65. The number of nitrogens with one attached hydrogen (secondary N) is 1. The predicted molar refractivity (Wildman–Crippen MR) is 118 cm³/mol. The fourth-order valence-corrected chi connectivity index (χ4v) is 4.25. The van der Waals surface area contributed by atoms with E-state index in [4.69, 9.17) is 4.74 Å².